The minimum atomic E-state index is -0.183. The minimum Gasteiger partial charge on any atom is -0.378 e. The van der Waals surface area contributed by atoms with Gasteiger partial charge < -0.3 is 30.5 Å². The van der Waals surface area contributed by atoms with Gasteiger partial charge in [0.15, 0.2) is 0 Å². The van der Waals surface area contributed by atoms with Gasteiger partial charge >= 0.3 is 0 Å². The molecule has 3 N–H and O–H groups in total. The molecule has 2 aliphatic rings. The number of fused-ring (bicyclic) bond motifs is 1. The van der Waals surface area contributed by atoms with Gasteiger partial charge in [0.2, 0.25) is 5.95 Å². The van der Waals surface area contributed by atoms with Crippen LogP contribution in [0.5, 0.6) is 0 Å². The summed E-state index contributed by atoms with van der Waals surface area (Å²) in [6, 6.07) is 16.0. The fourth-order valence-corrected chi connectivity index (χ4v) is 4.47. The Morgan fingerprint density at radius 3 is 2.51 bits per heavy atom. The second kappa shape index (κ2) is 9.89. The normalized spacial score (nSPS) is 19.3. The Labute approximate surface area is 211 Å². The quantitative estimate of drug-likeness (QED) is 0.430. The SMILES string of the molecule is CN(C)CCC1(C)Nc2ccc(-c3cc(Nc4ccc(Cl)cc4)nc(N4CCOCC4)n3)cc2N1. The fraction of sp³-hybridized carbons (Fsp3) is 0.385. The average Bonchev–Trinajstić information content (AvgIpc) is 3.20. The van der Waals surface area contributed by atoms with Gasteiger partial charge in [-0.3, -0.25) is 0 Å². The van der Waals surface area contributed by atoms with E-state index in [4.69, 9.17) is 26.3 Å². The van der Waals surface area contributed by atoms with Crippen LogP contribution in [0.2, 0.25) is 5.02 Å². The maximum Gasteiger partial charge on any atom is 0.228 e. The Morgan fingerprint density at radius 1 is 1.03 bits per heavy atom. The van der Waals surface area contributed by atoms with Gasteiger partial charge in [-0.25, -0.2) is 4.98 Å². The molecule has 184 valence electrons. The zero-order chi connectivity index (χ0) is 24.4. The molecule has 8 nitrogen and oxygen atoms in total. The van der Waals surface area contributed by atoms with Crippen molar-refractivity contribution < 1.29 is 4.74 Å². The summed E-state index contributed by atoms with van der Waals surface area (Å²) in [4.78, 5) is 14.1. The Balaban J connectivity index is 1.45. The van der Waals surface area contributed by atoms with Gasteiger partial charge in [-0.2, -0.15) is 4.98 Å². The number of morpholine rings is 1. The van der Waals surface area contributed by atoms with E-state index in [-0.39, 0.29) is 5.66 Å². The van der Waals surface area contributed by atoms with Crippen LogP contribution in [-0.2, 0) is 4.74 Å². The van der Waals surface area contributed by atoms with E-state index in [9.17, 15) is 0 Å². The van der Waals surface area contributed by atoms with E-state index in [1.54, 1.807) is 0 Å². The number of aromatic nitrogens is 2. The topological polar surface area (TPSA) is 77.6 Å². The van der Waals surface area contributed by atoms with E-state index in [2.05, 4.69) is 65.0 Å². The summed E-state index contributed by atoms with van der Waals surface area (Å²) in [5.41, 5.74) is 4.83. The molecular formula is C26H32ClN7O. The summed E-state index contributed by atoms with van der Waals surface area (Å²) >= 11 is 6.06. The molecule has 2 aliphatic heterocycles. The lowest BCUT2D eigenvalue weighted by atomic mass is 10.1. The number of ether oxygens (including phenoxy) is 1. The van der Waals surface area contributed by atoms with Crippen molar-refractivity contribution in [3.8, 4) is 11.3 Å². The van der Waals surface area contributed by atoms with Crippen molar-refractivity contribution in [2.75, 3.05) is 67.8 Å². The van der Waals surface area contributed by atoms with Crippen LogP contribution in [0.4, 0.5) is 28.8 Å². The van der Waals surface area contributed by atoms with Crippen LogP contribution in [-0.4, -0.2) is 67.5 Å². The molecule has 3 heterocycles. The van der Waals surface area contributed by atoms with Gasteiger partial charge in [-0.1, -0.05) is 17.7 Å². The molecule has 2 aromatic carbocycles. The van der Waals surface area contributed by atoms with Gasteiger partial charge in [-0.15, -0.1) is 0 Å². The van der Waals surface area contributed by atoms with Crippen molar-refractivity contribution in [2.24, 2.45) is 0 Å². The second-order valence-corrected chi connectivity index (χ2v) is 10.0. The molecule has 1 aromatic heterocycles. The molecule has 1 unspecified atom stereocenters. The van der Waals surface area contributed by atoms with E-state index in [0.29, 0.717) is 24.2 Å². The predicted molar refractivity (Wildman–Crippen MR) is 144 cm³/mol. The van der Waals surface area contributed by atoms with Crippen molar-refractivity contribution in [1.29, 1.82) is 0 Å². The highest BCUT2D eigenvalue weighted by Gasteiger charge is 2.31. The lowest BCUT2D eigenvalue weighted by Gasteiger charge is -2.27. The number of halogens is 1. The molecule has 3 aromatic rings. The Bertz CT molecular complexity index is 1180. The third-order valence-corrected chi connectivity index (χ3v) is 6.57. The molecule has 5 rings (SSSR count). The number of nitrogens with one attached hydrogen (secondary N) is 3. The number of rotatable bonds is 7. The molecule has 0 amide bonds. The first-order valence-electron chi connectivity index (χ1n) is 12.0. The summed E-state index contributed by atoms with van der Waals surface area (Å²) in [7, 11) is 4.20. The first-order chi connectivity index (χ1) is 16.9. The molecule has 1 fully saturated rings. The molecule has 0 saturated carbocycles. The third kappa shape index (κ3) is 5.61. The summed E-state index contributed by atoms with van der Waals surface area (Å²) in [5.74, 6) is 1.44. The van der Waals surface area contributed by atoms with Crippen LogP contribution in [0.3, 0.4) is 0 Å². The Hall–Kier alpha value is -3.07. The maximum absolute atomic E-state index is 6.06. The van der Waals surface area contributed by atoms with Crippen molar-refractivity contribution >= 4 is 40.4 Å². The first kappa shape index (κ1) is 23.7. The highest BCUT2D eigenvalue weighted by Crippen LogP contribution is 2.38. The van der Waals surface area contributed by atoms with Gasteiger partial charge in [-0.05, 0) is 57.4 Å². The van der Waals surface area contributed by atoms with Crippen LogP contribution in [0.15, 0.2) is 48.5 Å². The van der Waals surface area contributed by atoms with Crippen LogP contribution in [0.25, 0.3) is 11.3 Å². The molecule has 1 atom stereocenters. The van der Waals surface area contributed by atoms with Crippen LogP contribution in [0, 0.1) is 0 Å². The first-order valence-corrected chi connectivity index (χ1v) is 12.3. The maximum atomic E-state index is 6.06. The molecule has 35 heavy (non-hydrogen) atoms. The molecule has 0 spiro atoms. The van der Waals surface area contributed by atoms with E-state index in [1.807, 2.05) is 30.3 Å². The third-order valence-electron chi connectivity index (χ3n) is 6.32. The molecule has 1 saturated heterocycles. The van der Waals surface area contributed by atoms with Gasteiger partial charge in [0.25, 0.3) is 0 Å². The van der Waals surface area contributed by atoms with Crippen molar-refractivity contribution in [1.82, 2.24) is 14.9 Å². The van der Waals surface area contributed by atoms with E-state index in [1.165, 1.54) is 0 Å². The molecular weight excluding hydrogens is 462 g/mol. The van der Waals surface area contributed by atoms with Gasteiger partial charge in [0, 0.05) is 48.4 Å². The zero-order valence-electron chi connectivity index (χ0n) is 20.4. The fourth-order valence-electron chi connectivity index (χ4n) is 4.35. The molecule has 0 aliphatic carbocycles. The minimum absolute atomic E-state index is 0.183. The monoisotopic (exact) mass is 493 g/mol. The van der Waals surface area contributed by atoms with Gasteiger partial charge in [0.05, 0.1) is 30.3 Å². The van der Waals surface area contributed by atoms with Crippen LogP contribution < -0.4 is 20.9 Å². The zero-order valence-corrected chi connectivity index (χ0v) is 21.2. The number of benzene rings is 2. The smallest absolute Gasteiger partial charge is 0.228 e. The standard InChI is InChI=1S/C26H32ClN7O/c1-26(10-11-33(2)3)31-21-9-4-18(16-23(21)32-26)22-17-24(28-20-7-5-19(27)6-8-20)30-25(29-22)34-12-14-35-15-13-34/h4-9,16-17,31-32H,10-15H2,1-3H3,(H,28,29,30). The lowest BCUT2D eigenvalue weighted by molar-refractivity contribution is 0.122. The van der Waals surface area contributed by atoms with Crippen LogP contribution in [0.1, 0.15) is 13.3 Å². The van der Waals surface area contributed by atoms with E-state index < -0.39 is 0 Å². The van der Waals surface area contributed by atoms with Gasteiger partial charge in [0.1, 0.15) is 11.5 Å². The highest BCUT2D eigenvalue weighted by molar-refractivity contribution is 6.30. The van der Waals surface area contributed by atoms with E-state index >= 15 is 0 Å². The Morgan fingerprint density at radius 2 is 1.77 bits per heavy atom. The summed E-state index contributed by atoms with van der Waals surface area (Å²) in [5, 5.41) is 11.4. The molecule has 9 heteroatoms. The summed E-state index contributed by atoms with van der Waals surface area (Å²) in [6.07, 6.45) is 0.980. The second-order valence-electron chi connectivity index (χ2n) is 9.57. The summed E-state index contributed by atoms with van der Waals surface area (Å²) < 4.78 is 5.53. The molecule has 0 bridgehead atoms. The number of anilines is 5. The summed E-state index contributed by atoms with van der Waals surface area (Å²) in [6.45, 7) is 6.08. The lowest BCUT2D eigenvalue weighted by Crippen LogP contribution is -2.40. The Kier molecular flexibility index (Phi) is 6.69. The molecule has 0 radical (unpaired) electrons. The predicted octanol–water partition coefficient (Wildman–Crippen LogP) is 4.88. The number of hydrogen-bond donors (Lipinski definition) is 3. The highest BCUT2D eigenvalue weighted by atomic mass is 35.5. The largest absolute Gasteiger partial charge is 0.378 e. The van der Waals surface area contributed by atoms with Crippen LogP contribution >= 0.6 is 11.6 Å². The van der Waals surface area contributed by atoms with Crippen molar-refractivity contribution in [3.05, 3.63) is 53.6 Å². The number of hydrogen-bond acceptors (Lipinski definition) is 8. The van der Waals surface area contributed by atoms with E-state index in [0.717, 1.165) is 60.2 Å². The average molecular weight is 494 g/mol. The number of nitrogens with zero attached hydrogens (tertiary/aromatic N) is 4. The van der Waals surface area contributed by atoms with Crippen molar-refractivity contribution in [2.45, 2.75) is 19.0 Å². The van der Waals surface area contributed by atoms with Crippen molar-refractivity contribution in [3.63, 3.8) is 0 Å².